The first-order valence-corrected chi connectivity index (χ1v) is 6.67. The average molecular weight is 258 g/mol. The number of carbonyl (C=O) groups excluding carboxylic acids is 1. The summed E-state index contributed by atoms with van der Waals surface area (Å²) in [7, 11) is 0. The molecule has 0 aromatic carbocycles. The summed E-state index contributed by atoms with van der Waals surface area (Å²) in [5, 5.41) is 13.2. The minimum atomic E-state index is -0.792. The third-order valence-corrected chi connectivity index (χ3v) is 3.70. The van der Waals surface area contributed by atoms with E-state index in [9.17, 15) is 9.90 Å². The summed E-state index contributed by atoms with van der Waals surface area (Å²) < 4.78 is 5.22. The van der Waals surface area contributed by atoms with Crippen LogP contribution in [0, 0.1) is 5.92 Å². The average Bonchev–Trinajstić information content (AvgIpc) is 2.36. The summed E-state index contributed by atoms with van der Waals surface area (Å²) in [6.07, 6.45) is 0. The van der Waals surface area contributed by atoms with Crippen LogP contribution in [0.5, 0.6) is 0 Å². The number of morpholine rings is 1. The molecule has 0 radical (unpaired) electrons. The fourth-order valence-electron chi connectivity index (χ4n) is 1.71. The molecule has 5 heteroatoms. The van der Waals surface area contributed by atoms with Crippen LogP contribution >= 0.6 is 0 Å². The van der Waals surface area contributed by atoms with E-state index in [0.717, 1.165) is 0 Å². The van der Waals surface area contributed by atoms with Crippen LogP contribution in [0.15, 0.2) is 0 Å². The van der Waals surface area contributed by atoms with Crippen molar-refractivity contribution in [2.75, 3.05) is 32.8 Å². The Balaban J connectivity index is 2.40. The molecule has 2 unspecified atom stereocenters. The highest BCUT2D eigenvalue weighted by atomic mass is 16.5. The Hall–Kier alpha value is -0.650. The number of carbonyl (C=O) groups is 1. The van der Waals surface area contributed by atoms with Gasteiger partial charge in [-0.15, -0.1) is 0 Å². The summed E-state index contributed by atoms with van der Waals surface area (Å²) in [6.45, 7) is 10.5. The lowest BCUT2D eigenvalue weighted by atomic mass is 9.92. The Bertz CT molecular complexity index is 273. The summed E-state index contributed by atoms with van der Waals surface area (Å²) in [5.41, 5.74) is -0.792. The smallest absolute Gasteiger partial charge is 0.239 e. The van der Waals surface area contributed by atoms with E-state index < -0.39 is 5.60 Å². The number of rotatable bonds is 5. The lowest BCUT2D eigenvalue weighted by molar-refractivity contribution is -0.137. The fraction of sp³-hybridized carbons (Fsp3) is 0.923. The van der Waals surface area contributed by atoms with Crippen LogP contribution in [0.2, 0.25) is 0 Å². The number of amides is 1. The fourth-order valence-corrected chi connectivity index (χ4v) is 1.71. The zero-order chi connectivity index (χ0) is 13.8. The van der Waals surface area contributed by atoms with Gasteiger partial charge in [0.25, 0.3) is 0 Å². The van der Waals surface area contributed by atoms with Crippen LogP contribution in [0.3, 0.4) is 0 Å². The Morgan fingerprint density at radius 1 is 1.39 bits per heavy atom. The summed E-state index contributed by atoms with van der Waals surface area (Å²) in [4.78, 5) is 13.9. The Morgan fingerprint density at radius 2 is 1.94 bits per heavy atom. The van der Waals surface area contributed by atoms with Gasteiger partial charge in [0.1, 0.15) is 0 Å². The van der Waals surface area contributed by atoms with Gasteiger partial charge in [-0.2, -0.15) is 0 Å². The molecule has 106 valence electrons. The van der Waals surface area contributed by atoms with E-state index in [-0.39, 0.29) is 17.9 Å². The first kappa shape index (κ1) is 15.4. The molecule has 0 aromatic heterocycles. The molecule has 0 bridgehead atoms. The summed E-state index contributed by atoms with van der Waals surface area (Å²) >= 11 is 0. The van der Waals surface area contributed by atoms with E-state index in [4.69, 9.17) is 4.74 Å². The molecule has 2 atom stereocenters. The highest BCUT2D eigenvalue weighted by Crippen LogP contribution is 2.14. The van der Waals surface area contributed by atoms with Gasteiger partial charge < -0.3 is 20.1 Å². The van der Waals surface area contributed by atoms with Crippen LogP contribution in [0.4, 0.5) is 0 Å². The van der Waals surface area contributed by atoms with Crippen molar-refractivity contribution in [1.29, 1.82) is 0 Å². The van der Waals surface area contributed by atoms with Gasteiger partial charge in [-0.3, -0.25) is 4.79 Å². The van der Waals surface area contributed by atoms with Crippen LogP contribution in [-0.2, 0) is 9.53 Å². The van der Waals surface area contributed by atoms with Crippen LogP contribution in [0.1, 0.15) is 27.7 Å². The van der Waals surface area contributed by atoms with Crippen LogP contribution in [0.25, 0.3) is 0 Å². The highest BCUT2D eigenvalue weighted by Gasteiger charge is 2.28. The second kappa shape index (κ2) is 6.50. The van der Waals surface area contributed by atoms with Crippen molar-refractivity contribution < 1.29 is 14.6 Å². The second-order valence-corrected chi connectivity index (χ2v) is 5.55. The van der Waals surface area contributed by atoms with Gasteiger partial charge >= 0.3 is 0 Å². The molecule has 1 fully saturated rings. The van der Waals surface area contributed by atoms with Crippen molar-refractivity contribution in [3.63, 3.8) is 0 Å². The Morgan fingerprint density at radius 3 is 2.44 bits per heavy atom. The first-order chi connectivity index (χ1) is 8.34. The molecule has 0 aromatic rings. The zero-order valence-electron chi connectivity index (χ0n) is 11.9. The molecule has 1 saturated heterocycles. The van der Waals surface area contributed by atoms with Crippen molar-refractivity contribution in [1.82, 2.24) is 10.2 Å². The molecule has 5 nitrogen and oxygen atoms in total. The van der Waals surface area contributed by atoms with E-state index in [1.807, 2.05) is 25.7 Å². The van der Waals surface area contributed by atoms with Gasteiger partial charge in [-0.25, -0.2) is 0 Å². The molecule has 1 heterocycles. The number of ether oxygens (including phenoxy) is 1. The molecule has 18 heavy (non-hydrogen) atoms. The maximum Gasteiger partial charge on any atom is 0.239 e. The number of hydrogen-bond acceptors (Lipinski definition) is 4. The number of nitrogens with zero attached hydrogens (tertiary/aromatic N) is 1. The van der Waals surface area contributed by atoms with Gasteiger partial charge in [0, 0.05) is 19.6 Å². The molecular weight excluding hydrogens is 232 g/mol. The van der Waals surface area contributed by atoms with Crippen molar-refractivity contribution in [3.05, 3.63) is 0 Å². The maximum atomic E-state index is 12.1. The third kappa shape index (κ3) is 4.23. The molecule has 2 N–H and O–H groups in total. The number of hydrogen-bond donors (Lipinski definition) is 2. The quantitative estimate of drug-likeness (QED) is 0.741. The minimum Gasteiger partial charge on any atom is -0.389 e. The van der Waals surface area contributed by atoms with Gasteiger partial charge in [-0.1, -0.05) is 13.8 Å². The number of aliphatic hydroxyl groups is 1. The predicted octanol–water partition coefficient (Wildman–Crippen LogP) is 0.230. The molecular formula is C13H26N2O3. The van der Waals surface area contributed by atoms with Crippen LogP contribution in [-0.4, -0.2) is 60.4 Å². The van der Waals surface area contributed by atoms with Gasteiger partial charge in [0.15, 0.2) is 0 Å². The molecule has 1 rings (SSSR count). The SMILES string of the molecule is CC(NCC(C)(O)C(C)C)C(=O)N1CCOCC1. The second-order valence-electron chi connectivity index (χ2n) is 5.55. The normalized spacial score (nSPS) is 21.8. The lowest BCUT2D eigenvalue weighted by Crippen LogP contribution is -2.52. The highest BCUT2D eigenvalue weighted by molar-refractivity contribution is 5.81. The minimum absolute atomic E-state index is 0.0813. The third-order valence-electron chi connectivity index (χ3n) is 3.70. The van der Waals surface area contributed by atoms with Crippen LogP contribution < -0.4 is 5.32 Å². The van der Waals surface area contributed by atoms with Crippen molar-refractivity contribution in [2.45, 2.75) is 39.3 Å². The molecule has 1 aliphatic heterocycles. The van der Waals surface area contributed by atoms with Gasteiger partial charge in [0.05, 0.1) is 24.9 Å². The van der Waals surface area contributed by atoms with Crippen molar-refractivity contribution in [2.24, 2.45) is 5.92 Å². The van der Waals surface area contributed by atoms with Crippen molar-refractivity contribution in [3.8, 4) is 0 Å². The van der Waals surface area contributed by atoms with Gasteiger partial charge in [0.2, 0.25) is 5.91 Å². The molecule has 1 aliphatic rings. The lowest BCUT2D eigenvalue weighted by Gasteiger charge is -2.32. The van der Waals surface area contributed by atoms with E-state index in [2.05, 4.69) is 5.32 Å². The van der Waals surface area contributed by atoms with E-state index in [1.165, 1.54) is 0 Å². The van der Waals surface area contributed by atoms with E-state index in [0.29, 0.717) is 32.8 Å². The predicted molar refractivity (Wildman–Crippen MR) is 70.3 cm³/mol. The number of nitrogens with one attached hydrogen (secondary N) is 1. The molecule has 0 spiro atoms. The maximum absolute atomic E-state index is 12.1. The Kier molecular flexibility index (Phi) is 5.56. The zero-order valence-corrected chi connectivity index (χ0v) is 11.9. The molecule has 0 saturated carbocycles. The Labute approximate surface area is 109 Å². The van der Waals surface area contributed by atoms with Gasteiger partial charge in [-0.05, 0) is 19.8 Å². The first-order valence-electron chi connectivity index (χ1n) is 6.67. The van der Waals surface area contributed by atoms with E-state index in [1.54, 1.807) is 6.92 Å². The summed E-state index contributed by atoms with van der Waals surface area (Å²) in [5.74, 6) is 0.230. The van der Waals surface area contributed by atoms with Crippen molar-refractivity contribution >= 4 is 5.91 Å². The standard InChI is InChI=1S/C13H26N2O3/c1-10(2)13(4,17)9-14-11(3)12(16)15-5-7-18-8-6-15/h10-11,14,17H,5-9H2,1-4H3. The monoisotopic (exact) mass is 258 g/mol. The topological polar surface area (TPSA) is 61.8 Å². The van der Waals surface area contributed by atoms with E-state index >= 15 is 0 Å². The molecule has 0 aliphatic carbocycles. The molecule has 1 amide bonds. The summed E-state index contributed by atoms with van der Waals surface area (Å²) in [6, 6.07) is -0.270. The largest absolute Gasteiger partial charge is 0.389 e.